The zero-order valence-electron chi connectivity index (χ0n) is 18.2. The zero-order chi connectivity index (χ0) is 22.1. The van der Waals surface area contributed by atoms with Gasteiger partial charge >= 0.3 is 0 Å². The second kappa shape index (κ2) is 9.19. The van der Waals surface area contributed by atoms with Crippen molar-refractivity contribution in [2.75, 3.05) is 57.5 Å². The van der Waals surface area contributed by atoms with Crippen molar-refractivity contribution < 1.29 is 23.6 Å². The predicted molar refractivity (Wildman–Crippen MR) is 117 cm³/mol. The Bertz CT molecular complexity index is 839. The Labute approximate surface area is 187 Å². The molecule has 2 saturated heterocycles. The summed E-state index contributed by atoms with van der Waals surface area (Å²) in [5.41, 5.74) is 1.14. The van der Waals surface area contributed by atoms with Gasteiger partial charge in [0.2, 0.25) is 0 Å². The highest BCUT2D eigenvalue weighted by molar-refractivity contribution is 6.05. The molecule has 1 saturated carbocycles. The number of alkyl halides is 1. The van der Waals surface area contributed by atoms with Crippen LogP contribution in [0.2, 0.25) is 0 Å². The smallest absolute Gasteiger partial charge is 0.258 e. The van der Waals surface area contributed by atoms with E-state index in [9.17, 15) is 14.0 Å². The van der Waals surface area contributed by atoms with Gasteiger partial charge in [-0.15, -0.1) is 0 Å². The number of piperazine rings is 1. The Morgan fingerprint density at radius 3 is 2.19 bits per heavy atom. The fraction of sp³-hybridized carbons (Fsp3) is 0.583. The molecule has 2 bridgehead atoms. The number of hydrogen-bond donors (Lipinski definition) is 0. The number of carbonyl (C=O) groups is 2. The summed E-state index contributed by atoms with van der Waals surface area (Å²) in [4.78, 5) is 35.6. The van der Waals surface area contributed by atoms with Gasteiger partial charge in [-0.2, -0.15) is 5.06 Å². The fourth-order valence-corrected chi connectivity index (χ4v) is 5.59. The third-order valence-corrected chi connectivity index (χ3v) is 7.19. The number of anilines is 1. The Kier molecular flexibility index (Phi) is 6.15. The van der Waals surface area contributed by atoms with Crippen molar-refractivity contribution in [1.82, 2.24) is 9.96 Å². The van der Waals surface area contributed by atoms with Crippen LogP contribution < -0.4 is 9.64 Å². The molecule has 4 aliphatic rings. The van der Waals surface area contributed by atoms with Gasteiger partial charge in [-0.05, 0) is 48.9 Å². The molecule has 0 radical (unpaired) electrons. The monoisotopic (exact) mass is 443 g/mol. The van der Waals surface area contributed by atoms with Crippen LogP contribution in [0.4, 0.5) is 10.1 Å². The highest BCUT2D eigenvalue weighted by Gasteiger charge is 2.60. The van der Waals surface area contributed by atoms with Crippen LogP contribution in [0.3, 0.4) is 0 Å². The third-order valence-electron chi connectivity index (χ3n) is 7.19. The van der Waals surface area contributed by atoms with Crippen LogP contribution in [0.1, 0.15) is 12.8 Å². The number of imide groups is 1. The van der Waals surface area contributed by atoms with E-state index < -0.39 is 6.67 Å². The van der Waals surface area contributed by atoms with Crippen LogP contribution in [-0.4, -0.2) is 74.4 Å². The van der Waals surface area contributed by atoms with Crippen molar-refractivity contribution in [3.8, 4) is 5.75 Å². The first-order valence-corrected chi connectivity index (χ1v) is 11.6. The SMILES string of the molecule is O=C1C2C(C(=O)N1OCCCN1CCN(c3ccc(OCCF)cc3)CC1)[C@H]1C=C[C@@H]2C1. The number of halogens is 1. The van der Waals surface area contributed by atoms with Crippen molar-refractivity contribution in [2.45, 2.75) is 12.8 Å². The lowest BCUT2D eigenvalue weighted by atomic mass is 9.85. The number of hydrogen-bond acceptors (Lipinski definition) is 6. The van der Waals surface area contributed by atoms with Crippen LogP contribution >= 0.6 is 0 Å². The maximum absolute atomic E-state index is 12.6. The van der Waals surface area contributed by atoms with Crippen molar-refractivity contribution in [3.63, 3.8) is 0 Å². The van der Waals surface area contributed by atoms with Gasteiger partial charge in [-0.3, -0.25) is 19.3 Å². The van der Waals surface area contributed by atoms with Gasteiger partial charge in [0.15, 0.2) is 0 Å². The summed E-state index contributed by atoms with van der Waals surface area (Å²) < 4.78 is 17.5. The van der Waals surface area contributed by atoms with E-state index in [1.165, 1.54) is 0 Å². The molecule has 1 aromatic rings. The molecular weight excluding hydrogens is 413 g/mol. The van der Waals surface area contributed by atoms with Crippen LogP contribution in [0.25, 0.3) is 0 Å². The van der Waals surface area contributed by atoms with Gasteiger partial charge in [0.05, 0.1) is 18.4 Å². The number of fused-ring (bicyclic) bond motifs is 5. The van der Waals surface area contributed by atoms with E-state index in [0.717, 1.165) is 56.3 Å². The lowest BCUT2D eigenvalue weighted by molar-refractivity contribution is -0.190. The minimum absolute atomic E-state index is 0.0845. The second-order valence-electron chi connectivity index (χ2n) is 9.02. The first-order valence-electron chi connectivity index (χ1n) is 11.6. The Morgan fingerprint density at radius 1 is 0.906 bits per heavy atom. The molecule has 5 rings (SSSR count). The van der Waals surface area contributed by atoms with Crippen molar-refractivity contribution in [2.24, 2.45) is 23.7 Å². The van der Waals surface area contributed by atoms with Gasteiger partial charge in [0.25, 0.3) is 11.8 Å². The van der Waals surface area contributed by atoms with E-state index in [-0.39, 0.29) is 42.1 Å². The van der Waals surface area contributed by atoms with Gasteiger partial charge in [-0.25, -0.2) is 4.39 Å². The molecular formula is C24H30FN3O4. The highest BCUT2D eigenvalue weighted by Crippen LogP contribution is 2.52. The van der Waals surface area contributed by atoms with Crippen LogP contribution in [0.15, 0.2) is 36.4 Å². The molecule has 8 heteroatoms. The summed E-state index contributed by atoms with van der Waals surface area (Å²) in [7, 11) is 0. The molecule has 2 heterocycles. The molecule has 172 valence electrons. The number of amides is 2. The molecule has 7 nitrogen and oxygen atoms in total. The zero-order valence-corrected chi connectivity index (χ0v) is 18.2. The predicted octanol–water partition coefficient (Wildman–Crippen LogP) is 2.29. The second-order valence-corrected chi connectivity index (χ2v) is 9.02. The first-order chi connectivity index (χ1) is 15.7. The molecule has 3 fully saturated rings. The lowest BCUT2D eigenvalue weighted by Crippen LogP contribution is -2.46. The lowest BCUT2D eigenvalue weighted by Gasteiger charge is -2.36. The summed E-state index contributed by atoms with van der Waals surface area (Å²) in [5.74, 6) is 0.422. The molecule has 2 amide bonds. The number of carbonyl (C=O) groups excluding carboxylic acids is 2. The number of benzene rings is 1. The number of allylic oxidation sites excluding steroid dienone is 2. The molecule has 2 aliphatic heterocycles. The summed E-state index contributed by atoms with van der Waals surface area (Å²) in [5, 5.41) is 1.06. The van der Waals surface area contributed by atoms with Crippen LogP contribution in [0, 0.1) is 23.7 Å². The van der Waals surface area contributed by atoms with E-state index in [1.54, 1.807) is 0 Å². The number of nitrogens with zero attached hydrogens (tertiary/aromatic N) is 3. The number of ether oxygens (including phenoxy) is 1. The molecule has 0 spiro atoms. The van der Waals surface area contributed by atoms with E-state index in [0.29, 0.717) is 12.4 Å². The number of rotatable bonds is 9. The molecule has 32 heavy (non-hydrogen) atoms. The minimum atomic E-state index is -0.487. The van der Waals surface area contributed by atoms with Crippen LogP contribution in [0.5, 0.6) is 5.75 Å². The summed E-state index contributed by atoms with van der Waals surface area (Å²) in [6.45, 7) is 4.59. The standard InChI is InChI=1S/C24H30FN3O4/c25-8-15-31-20-6-4-19(5-7-20)27-12-10-26(11-13-27)9-1-14-32-28-23(29)21-17-2-3-18(16-17)22(21)24(28)30/h2-7,17-18,21-22H,1,8-16H2/t17-,18+,21?,22?. The van der Waals surface area contributed by atoms with Gasteiger partial charge in [0.1, 0.15) is 19.0 Å². The number of hydroxylamine groups is 2. The Balaban J connectivity index is 1.02. The van der Waals surface area contributed by atoms with Gasteiger partial charge in [-0.1, -0.05) is 12.2 Å². The van der Waals surface area contributed by atoms with Gasteiger partial charge in [0, 0.05) is 38.4 Å². The van der Waals surface area contributed by atoms with E-state index in [2.05, 4.69) is 22.0 Å². The summed E-state index contributed by atoms with van der Waals surface area (Å²) >= 11 is 0. The van der Waals surface area contributed by atoms with E-state index in [1.807, 2.05) is 24.3 Å². The third kappa shape index (κ3) is 4.01. The first kappa shape index (κ1) is 21.4. The minimum Gasteiger partial charge on any atom is -0.491 e. The molecule has 2 unspecified atom stereocenters. The Morgan fingerprint density at radius 2 is 1.56 bits per heavy atom. The molecule has 1 aromatic carbocycles. The van der Waals surface area contributed by atoms with Crippen molar-refractivity contribution in [1.29, 1.82) is 0 Å². The quantitative estimate of drug-likeness (QED) is 0.332. The highest BCUT2D eigenvalue weighted by atomic mass is 19.1. The molecule has 0 N–H and O–H groups in total. The molecule has 4 atom stereocenters. The van der Waals surface area contributed by atoms with Crippen LogP contribution in [-0.2, 0) is 14.4 Å². The summed E-state index contributed by atoms with van der Waals surface area (Å²) in [6.07, 6.45) is 5.89. The average molecular weight is 444 g/mol. The van der Waals surface area contributed by atoms with Gasteiger partial charge < -0.3 is 9.64 Å². The van der Waals surface area contributed by atoms with E-state index in [4.69, 9.17) is 9.57 Å². The average Bonchev–Trinajstić information content (AvgIpc) is 3.51. The Hall–Kier alpha value is -2.45. The van der Waals surface area contributed by atoms with E-state index >= 15 is 0 Å². The van der Waals surface area contributed by atoms with Crippen molar-refractivity contribution in [3.05, 3.63) is 36.4 Å². The topological polar surface area (TPSA) is 62.3 Å². The molecule has 0 aromatic heterocycles. The fourth-order valence-electron chi connectivity index (χ4n) is 5.59. The molecule has 2 aliphatic carbocycles. The maximum atomic E-state index is 12.6. The summed E-state index contributed by atoms with van der Waals surface area (Å²) in [6, 6.07) is 7.78. The normalized spacial score (nSPS) is 29.3. The van der Waals surface area contributed by atoms with Crippen molar-refractivity contribution >= 4 is 17.5 Å². The maximum Gasteiger partial charge on any atom is 0.258 e. The largest absolute Gasteiger partial charge is 0.491 e.